The maximum Gasteiger partial charge on any atom is 0.338 e. The average molecular weight is 777 g/mol. The van der Waals surface area contributed by atoms with Gasteiger partial charge in [-0.05, 0) is 37.0 Å². The predicted molar refractivity (Wildman–Crippen MR) is 166 cm³/mol. The second kappa shape index (κ2) is 12.4. The minimum Gasteiger partial charge on any atom is -0.513 e. The van der Waals surface area contributed by atoms with Crippen LogP contribution in [0.5, 0.6) is 0 Å². The summed E-state index contributed by atoms with van der Waals surface area (Å²) < 4.78 is 19.5. The summed E-state index contributed by atoms with van der Waals surface area (Å²) in [5.74, 6) is 0.00558. The molecule has 0 bridgehead atoms. The van der Waals surface area contributed by atoms with Crippen LogP contribution in [0.15, 0.2) is 58.4 Å². The number of likely N-dealkylation sites (tertiary alicyclic amines) is 1. The van der Waals surface area contributed by atoms with Gasteiger partial charge in [0.25, 0.3) is 0 Å². The summed E-state index contributed by atoms with van der Waals surface area (Å²) in [5, 5.41) is 16.4. The molecule has 1 aromatic heterocycles. The molecule has 0 aliphatic carbocycles. The van der Waals surface area contributed by atoms with E-state index in [0.717, 1.165) is 13.0 Å². The zero-order chi connectivity index (χ0) is 27.6. The van der Waals surface area contributed by atoms with Crippen LogP contribution in [-0.2, 0) is 9.53 Å². The van der Waals surface area contributed by atoms with E-state index in [0.29, 0.717) is 45.8 Å². The number of aliphatic imine (C=N–C) groups is 1. The molecule has 1 saturated heterocycles. The molecule has 3 atom stereocenters. The largest absolute Gasteiger partial charge is 0.513 e. The lowest BCUT2D eigenvalue weighted by atomic mass is 9.93. The van der Waals surface area contributed by atoms with E-state index in [9.17, 15) is 14.3 Å². The Balaban J connectivity index is 1.82. The smallest absolute Gasteiger partial charge is 0.338 e. The minimum atomic E-state index is -0.725. The highest BCUT2D eigenvalue weighted by Gasteiger charge is 2.44. The first-order valence-corrected chi connectivity index (χ1v) is 15.7. The van der Waals surface area contributed by atoms with Gasteiger partial charge in [0.1, 0.15) is 11.9 Å². The molecule has 7 nitrogen and oxygen atoms in total. The number of aliphatic hydroxyl groups excluding tert-OH is 1. The highest BCUT2D eigenvalue weighted by atomic mass is 127. The Bertz CT molecular complexity index is 1270. The molecule has 2 aliphatic rings. The number of allylic oxidation sites excluding steroid dienone is 1. The SMILES string of the molecule is C=C(O)CC(C)[C@@H]1CC(I)(I)CN1CC1=C(C(=O)OCC)C(c2ccc(F)cc2[Si])N=C(c2nccs2)N1. The number of hydrogen-bond donors (Lipinski definition) is 2. The zero-order valence-electron chi connectivity index (χ0n) is 21.0. The highest BCUT2D eigenvalue weighted by molar-refractivity contribution is 14.2. The normalized spacial score (nSPS) is 22.1. The standard InChI is InChI=1S/C26H28FI2N4O3SSi/c1-4-36-25(35)21-18(12-33-13-26(28,29)11-19(33)14(2)9-15(3)34)31-23(24-30-7-8-37-24)32-22(21)17-6-5-16(27)10-20(17)38/h5-8,10,14,19,22,34H,3-4,9,11-13H2,1-2H3,(H,31,32)/t14?,19-,22?/m0/s1. The van der Waals surface area contributed by atoms with Crippen molar-refractivity contribution < 1.29 is 19.0 Å². The van der Waals surface area contributed by atoms with Gasteiger partial charge in [-0.15, -0.1) is 11.3 Å². The van der Waals surface area contributed by atoms with Gasteiger partial charge in [-0.3, -0.25) is 9.89 Å². The van der Waals surface area contributed by atoms with Gasteiger partial charge in [-0.1, -0.05) is 69.9 Å². The number of hydrogen-bond acceptors (Lipinski definition) is 8. The molecule has 1 aromatic carbocycles. The van der Waals surface area contributed by atoms with Crippen molar-refractivity contribution in [2.75, 3.05) is 19.7 Å². The van der Waals surface area contributed by atoms with Crippen molar-refractivity contribution in [3.8, 4) is 0 Å². The van der Waals surface area contributed by atoms with E-state index >= 15 is 0 Å². The van der Waals surface area contributed by atoms with Crippen LogP contribution in [0.3, 0.4) is 0 Å². The van der Waals surface area contributed by atoms with Gasteiger partial charge < -0.3 is 15.2 Å². The molecule has 2 N–H and O–H groups in total. The van der Waals surface area contributed by atoms with E-state index in [1.165, 1.54) is 23.5 Å². The molecule has 2 unspecified atom stereocenters. The fourth-order valence-corrected chi connectivity index (χ4v) is 7.69. The first-order valence-electron chi connectivity index (χ1n) is 12.1. The maximum absolute atomic E-state index is 14.0. The summed E-state index contributed by atoms with van der Waals surface area (Å²) in [5.41, 5.74) is 1.71. The number of nitrogens with one attached hydrogen (secondary N) is 1. The predicted octanol–water partition coefficient (Wildman–Crippen LogP) is 4.72. The molecule has 0 amide bonds. The van der Waals surface area contributed by atoms with Crippen LogP contribution >= 0.6 is 56.5 Å². The van der Waals surface area contributed by atoms with Gasteiger partial charge in [0.2, 0.25) is 0 Å². The third kappa shape index (κ3) is 6.85. The Morgan fingerprint density at radius 1 is 1.47 bits per heavy atom. The maximum atomic E-state index is 14.0. The number of carbonyl (C=O) groups excluding carboxylic acids is 1. The topological polar surface area (TPSA) is 87.0 Å². The van der Waals surface area contributed by atoms with Crippen LogP contribution in [-0.4, -0.2) is 64.2 Å². The number of aromatic nitrogens is 1. The number of nitrogens with zero attached hydrogens (tertiary/aromatic N) is 3. The van der Waals surface area contributed by atoms with E-state index in [2.05, 4.69) is 84.1 Å². The lowest BCUT2D eigenvalue weighted by molar-refractivity contribution is -0.139. The number of halogens is 3. The summed E-state index contributed by atoms with van der Waals surface area (Å²) in [7, 11) is 3.54. The minimum absolute atomic E-state index is 0.00408. The number of thiazole rings is 1. The summed E-state index contributed by atoms with van der Waals surface area (Å²) in [6.45, 7) is 9.01. The van der Waals surface area contributed by atoms with Gasteiger partial charge in [0.05, 0.1) is 29.6 Å². The van der Waals surface area contributed by atoms with Crippen LogP contribution in [0.2, 0.25) is 0 Å². The highest BCUT2D eigenvalue weighted by Crippen LogP contribution is 2.44. The number of ether oxygens (including phenoxy) is 1. The first-order chi connectivity index (χ1) is 18.0. The van der Waals surface area contributed by atoms with Crippen LogP contribution in [0.4, 0.5) is 4.39 Å². The van der Waals surface area contributed by atoms with Crippen molar-refractivity contribution in [2.45, 2.75) is 40.2 Å². The Morgan fingerprint density at radius 2 is 2.24 bits per heavy atom. The second-order valence-corrected chi connectivity index (χ2v) is 17.1. The fourth-order valence-electron chi connectivity index (χ4n) is 4.97. The van der Waals surface area contributed by atoms with E-state index < -0.39 is 17.8 Å². The molecular weight excluding hydrogens is 749 g/mol. The molecule has 4 rings (SSSR count). The summed E-state index contributed by atoms with van der Waals surface area (Å²) in [6.07, 6.45) is 3.13. The molecule has 1 fully saturated rings. The monoisotopic (exact) mass is 777 g/mol. The Labute approximate surface area is 256 Å². The number of aliphatic hydroxyl groups is 1. The van der Waals surface area contributed by atoms with Crippen LogP contribution in [0.1, 0.15) is 43.3 Å². The molecule has 2 aliphatic heterocycles. The third-order valence-electron chi connectivity index (χ3n) is 6.55. The lowest BCUT2D eigenvalue weighted by Crippen LogP contribution is -2.43. The zero-order valence-corrected chi connectivity index (χ0v) is 27.1. The van der Waals surface area contributed by atoms with E-state index in [4.69, 9.17) is 9.73 Å². The van der Waals surface area contributed by atoms with E-state index in [-0.39, 0.29) is 25.8 Å². The van der Waals surface area contributed by atoms with Crippen molar-refractivity contribution >= 4 is 83.8 Å². The third-order valence-corrected chi connectivity index (χ3v) is 9.33. The van der Waals surface area contributed by atoms with Crippen molar-refractivity contribution in [3.63, 3.8) is 0 Å². The number of carbonyl (C=O) groups is 1. The fraction of sp³-hybridized carbons (Fsp3) is 0.423. The molecule has 12 heteroatoms. The van der Waals surface area contributed by atoms with Gasteiger partial charge in [0.15, 0.2) is 10.8 Å². The average Bonchev–Trinajstić information content (AvgIpc) is 3.46. The van der Waals surface area contributed by atoms with E-state index in [1.54, 1.807) is 19.2 Å². The molecule has 38 heavy (non-hydrogen) atoms. The molecular formula is C26H28FI2N4O3SSi. The van der Waals surface area contributed by atoms with Crippen LogP contribution in [0.25, 0.3) is 0 Å². The number of benzene rings is 1. The summed E-state index contributed by atoms with van der Waals surface area (Å²) >= 11 is 6.40. The quantitative estimate of drug-likeness (QED) is 0.126. The number of alkyl halides is 2. The van der Waals surface area contributed by atoms with E-state index in [1.807, 2.05) is 5.38 Å². The molecule has 201 valence electrons. The van der Waals surface area contributed by atoms with Gasteiger partial charge in [0, 0.05) is 42.8 Å². The molecule has 3 radical (unpaired) electrons. The Hall–Kier alpha value is -1.36. The summed E-state index contributed by atoms with van der Waals surface area (Å²) in [6, 6.07) is 3.81. The Morgan fingerprint density at radius 3 is 2.87 bits per heavy atom. The lowest BCUT2D eigenvalue weighted by Gasteiger charge is -2.33. The Kier molecular flexibility index (Phi) is 9.69. The number of amidine groups is 1. The molecule has 2 aromatic rings. The molecule has 3 heterocycles. The number of rotatable bonds is 9. The van der Waals surface area contributed by atoms with Crippen molar-refractivity contribution in [3.05, 3.63) is 69.8 Å². The van der Waals surface area contributed by atoms with Crippen molar-refractivity contribution in [1.82, 2.24) is 15.2 Å². The molecule has 0 saturated carbocycles. The van der Waals surface area contributed by atoms with Gasteiger partial charge >= 0.3 is 5.97 Å². The van der Waals surface area contributed by atoms with Gasteiger partial charge in [-0.25, -0.2) is 14.2 Å². The summed E-state index contributed by atoms with van der Waals surface area (Å²) in [4.78, 5) is 25.1. The number of esters is 1. The van der Waals surface area contributed by atoms with Crippen LogP contribution in [0, 0.1) is 11.7 Å². The first kappa shape index (κ1) is 29.6. The van der Waals surface area contributed by atoms with Crippen molar-refractivity contribution in [1.29, 1.82) is 0 Å². The van der Waals surface area contributed by atoms with Crippen molar-refractivity contribution in [2.24, 2.45) is 10.9 Å². The van der Waals surface area contributed by atoms with Crippen LogP contribution < -0.4 is 10.5 Å². The molecule has 0 spiro atoms. The second-order valence-electron chi connectivity index (χ2n) is 9.47. The van der Waals surface area contributed by atoms with Gasteiger partial charge in [-0.2, -0.15) is 0 Å².